The van der Waals surface area contributed by atoms with E-state index in [4.69, 9.17) is 4.74 Å². The minimum atomic E-state index is -4.29. The van der Waals surface area contributed by atoms with E-state index >= 15 is 0 Å². The summed E-state index contributed by atoms with van der Waals surface area (Å²) >= 11 is 0. The van der Waals surface area contributed by atoms with Crippen molar-refractivity contribution >= 4 is 33.1 Å². The number of anilines is 1. The first-order valence-corrected chi connectivity index (χ1v) is 11.5. The molecule has 1 atom stereocenters. The molecule has 2 amide bonds. The van der Waals surface area contributed by atoms with Gasteiger partial charge in [-0.15, -0.1) is 0 Å². The zero-order chi connectivity index (χ0) is 23.6. The molecule has 0 fully saturated rings. The molecule has 4 rings (SSSR count). The Morgan fingerprint density at radius 3 is 2.36 bits per heavy atom. The van der Waals surface area contributed by atoms with Crippen LogP contribution < -0.4 is 15.4 Å². The predicted molar refractivity (Wildman–Crippen MR) is 121 cm³/mol. The number of carbonyl (C=O) groups excluding carboxylic acids is 3. The molecule has 33 heavy (non-hydrogen) atoms. The van der Waals surface area contributed by atoms with E-state index in [0.29, 0.717) is 12.3 Å². The Morgan fingerprint density at radius 2 is 1.70 bits per heavy atom. The van der Waals surface area contributed by atoms with E-state index < -0.39 is 32.7 Å². The van der Waals surface area contributed by atoms with E-state index in [0.717, 1.165) is 5.56 Å². The van der Waals surface area contributed by atoms with Crippen LogP contribution in [0.3, 0.4) is 0 Å². The fourth-order valence-corrected chi connectivity index (χ4v) is 5.06. The number of hydrogen-bond donors (Lipinski definition) is 2. The minimum Gasteiger partial charge on any atom is -0.497 e. The van der Waals surface area contributed by atoms with E-state index in [9.17, 15) is 22.8 Å². The van der Waals surface area contributed by atoms with Gasteiger partial charge in [0.05, 0.1) is 17.7 Å². The van der Waals surface area contributed by atoms with Crippen LogP contribution in [0.25, 0.3) is 0 Å². The third kappa shape index (κ3) is 4.35. The van der Waals surface area contributed by atoms with E-state index in [1.54, 1.807) is 0 Å². The van der Waals surface area contributed by atoms with E-state index in [1.165, 1.54) is 49.6 Å². The predicted octanol–water partition coefficient (Wildman–Crippen LogP) is 2.60. The summed E-state index contributed by atoms with van der Waals surface area (Å²) < 4.78 is 31.1. The molecule has 0 aliphatic carbocycles. The highest BCUT2D eigenvalue weighted by Gasteiger charge is 2.44. The highest BCUT2D eigenvalue weighted by molar-refractivity contribution is 7.93. The fraction of sp³-hybridized carbons (Fsp3) is 0.125. The summed E-state index contributed by atoms with van der Waals surface area (Å²) in [7, 11) is -2.85. The molecule has 2 N–H and O–H groups in total. The van der Waals surface area contributed by atoms with Crippen LogP contribution in [0, 0.1) is 0 Å². The zero-order valence-electron chi connectivity index (χ0n) is 17.6. The maximum absolute atomic E-state index is 13.0. The number of fused-ring (bicyclic) bond motifs is 1. The number of Topliss-reactive ketones (excluding diaryl/α,β-unsaturated/α-hetero) is 1. The highest BCUT2D eigenvalue weighted by Crippen LogP contribution is 2.30. The second kappa shape index (κ2) is 8.87. The first-order valence-electron chi connectivity index (χ1n) is 10.0. The van der Waals surface area contributed by atoms with Crippen LogP contribution in [0.5, 0.6) is 5.75 Å². The Morgan fingerprint density at radius 1 is 1.00 bits per heavy atom. The Balaban J connectivity index is 1.57. The van der Waals surface area contributed by atoms with Crippen molar-refractivity contribution in [2.24, 2.45) is 0 Å². The Kier molecular flexibility index (Phi) is 5.97. The Labute approximate surface area is 190 Å². The second-order valence-corrected chi connectivity index (χ2v) is 9.42. The first-order chi connectivity index (χ1) is 15.8. The third-order valence-electron chi connectivity index (χ3n) is 5.28. The van der Waals surface area contributed by atoms with Gasteiger partial charge in [-0.1, -0.05) is 30.3 Å². The van der Waals surface area contributed by atoms with Gasteiger partial charge in [0.2, 0.25) is 5.25 Å². The van der Waals surface area contributed by atoms with Gasteiger partial charge in [0.15, 0.2) is 15.6 Å². The summed E-state index contributed by atoms with van der Waals surface area (Å²) in [6, 6.07) is 18.9. The van der Waals surface area contributed by atoms with Crippen LogP contribution in [-0.2, 0) is 21.2 Å². The lowest BCUT2D eigenvalue weighted by Gasteiger charge is -2.24. The van der Waals surface area contributed by atoms with Crippen LogP contribution in [-0.4, -0.2) is 38.4 Å². The van der Waals surface area contributed by atoms with E-state index in [2.05, 4.69) is 10.6 Å². The number of hydrogen-bond acceptors (Lipinski definition) is 6. The lowest BCUT2D eigenvalue weighted by atomic mass is 9.99. The summed E-state index contributed by atoms with van der Waals surface area (Å²) in [6.07, 6.45) is 0. The molecule has 0 saturated heterocycles. The number of nitrogens with one attached hydrogen (secondary N) is 2. The molecule has 1 aliphatic heterocycles. The number of carbonyl (C=O) groups is 3. The molecule has 0 saturated carbocycles. The van der Waals surface area contributed by atoms with Gasteiger partial charge in [-0.25, -0.2) is 8.42 Å². The topological polar surface area (TPSA) is 119 Å². The van der Waals surface area contributed by atoms with Gasteiger partial charge in [-0.05, 0) is 48.0 Å². The number of ketones is 1. The zero-order valence-corrected chi connectivity index (χ0v) is 18.4. The third-order valence-corrected chi connectivity index (χ3v) is 7.25. The van der Waals surface area contributed by atoms with Gasteiger partial charge in [-0.3, -0.25) is 14.4 Å². The van der Waals surface area contributed by atoms with Crippen molar-refractivity contribution in [1.29, 1.82) is 0 Å². The van der Waals surface area contributed by atoms with Crippen molar-refractivity contribution in [3.63, 3.8) is 0 Å². The number of methoxy groups -OCH3 is 1. The lowest BCUT2D eigenvalue weighted by Crippen LogP contribution is -2.45. The molecule has 0 radical (unpaired) electrons. The maximum atomic E-state index is 13.0. The molecule has 9 heteroatoms. The molecule has 1 aliphatic rings. The standard InChI is InChI=1S/C24H20N2O6S/c1-32-17-8-10-18(11-9-17)33(30,31)22-21(27)19-12-7-16(13-20(19)26-24(22)29)23(28)25-14-15-5-3-2-4-6-15/h2-13,22H,14H2,1H3,(H,25,28)(H,26,29). The molecular weight excluding hydrogens is 444 g/mol. The van der Waals surface area contributed by atoms with Crippen molar-refractivity contribution < 1.29 is 27.5 Å². The quantitative estimate of drug-likeness (QED) is 0.542. The monoisotopic (exact) mass is 464 g/mol. The molecule has 168 valence electrons. The SMILES string of the molecule is COc1ccc(S(=O)(=O)C2C(=O)Nc3cc(C(=O)NCc4ccccc4)ccc3C2=O)cc1. The average Bonchev–Trinajstić information content (AvgIpc) is 2.82. The number of amides is 2. The largest absolute Gasteiger partial charge is 0.497 e. The van der Waals surface area contributed by atoms with Crippen molar-refractivity contribution in [2.75, 3.05) is 12.4 Å². The number of rotatable bonds is 6. The lowest BCUT2D eigenvalue weighted by molar-refractivity contribution is -0.115. The van der Waals surface area contributed by atoms with Gasteiger partial charge in [-0.2, -0.15) is 0 Å². The molecule has 0 spiro atoms. The smallest absolute Gasteiger partial charge is 0.251 e. The van der Waals surface area contributed by atoms with Gasteiger partial charge in [0, 0.05) is 17.7 Å². The van der Waals surface area contributed by atoms with Gasteiger partial charge in [0.25, 0.3) is 11.8 Å². The van der Waals surface area contributed by atoms with Crippen molar-refractivity contribution in [2.45, 2.75) is 16.7 Å². The summed E-state index contributed by atoms with van der Waals surface area (Å²) in [5, 5.41) is 3.31. The minimum absolute atomic E-state index is 0.0243. The first kappa shape index (κ1) is 22.2. The van der Waals surface area contributed by atoms with Crippen LogP contribution >= 0.6 is 0 Å². The molecule has 1 unspecified atom stereocenters. The van der Waals surface area contributed by atoms with Crippen molar-refractivity contribution in [3.8, 4) is 5.75 Å². The van der Waals surface area contributed by atoms with Crippen LogP contribution in [0.2, 0.25) is 0 Å². The van der Waals surface area contributed by atoms with Gasteiger partial charge >= 0.3 is 0 Å². The Bertz CT molecular complexity index is 1340. The summed E-state index contributed by atoms with van der Waals surface area (Å²) in [4.78, 5) is 38.0. The number of sulfone groups is 1. The molecular formula is C24H20N2O6S. The molecule has 3 aromatic rings. The van der Waals surface area contributed by atoms with Gasteiger partial charge < -0.3 is 15.4 Å². The summed E-state index contributed by atoms with van der Waals surface area (Å²) in [6.45, 7) is 0.310. The summed E-state index contributed by atoms with van der Waals surface area (Å²) in [5.41, 5.74) is 1.27. The summed E-state index contributed by atoms with van der Waals surface area (Å²) in [5.74, 6) is -1.76. The molecule has 1 heterocycles. The fourth-order valence-electron chi connectivity index (χ4n) is 3.53. The van der Waals surface area contributed by atoms with E-state index in [-0.39, 0.29) is 21.7 Å². The van der Waals surface area contributed by atoms with Crippen molar-refractivity contribution in [1.82, 2.24) is 5.32 Å². The normalized spacial score (nSPS) is 15.4. The average molecular weight is 464 g/mol. The number of ether oxygens (including phenoxy) is 1. The Hall–Kier alpha value is -3.98. The molecule has 8 nitrogen and oxygen atoms in total. The van der Waals surface area contributed by atoms with Crippen LogP contribution in [0.4, 0.5) is 5.69 Å². The number of benzene rings is 3. The molecule has 0 bridgehead atoms. The molecule has 3 aromatic carbocycles. The maximum Gasteiger partial charge on any atom is 0.251 e. The van der Waals surface area contributed by atoms with Crippen LogP contribution in [0.1, 0.15) is 26.3 Å². The van der Waals surface area contributed by atoms with Crippen LogP contribution in [0.15, 0.2) is 77.7 Å². The van der Waals surface area contributed by atoms with Gasteiger partial charge in [0.1, 0.15) is 5.75 Å². The van der Waals surface area contributed by atoms with E-state index in [1.807, 2.05) is 30.3 Å². The highest BCUT2D eigenvalue weighted by atomic mass is 32.2. The molecule has 0 aromatic heterocycles. The van der Waals surface area contributed by atoms with Crippen molar-refractivity contribution in [3.05, 3.63) is 89.5 Å². The second-order valence-electron chi connectivity index (χ2n) is 7.38.